The van der Waals surface area contributed by atoms with Crippen LogP contribution in [0.5, 0.6) is 0 Å². The average molecular weight is 304 g/mol. The van der Waals surface area contributed by atoms with Crippen LogP contribution < -0.4 is 0 Å². The van der Waals surface area contributed by atoms with Crippen molar-refractivity contribution in [3.05, 3.63) is 22.4 Å². The first-order valence-corrected chi connectivity index (χ1v) is 8.57. The first-order chi connectivity index (χ1) is 8.94. The maximum absolute atomic E-state index is 11.6. The van der Waals surface area contributed by atoms with Gasteiger partial charge in [-0.05, 0) is 24.8 Å². The van der Waals surface area contributed by atoms with Crippen molar-refractivity contribution < 1.29 is 22.7 Å². The normalized spacial score (nSPS) is 11.2. The SMILES string of the molecule is CCOC(=O)CS(=O)(=O)CCCC(=O)c1cccs1. The van der Waals surface area contributed by atoms with E-state index in [4.69, 9.17) is 0 Å². The predicted molar refractivity (Wildman–Crippen MR) is 73.2 cm³/mol. The molecule has 0 aliphatic heterocycles. The number of ether oxygens (including phenoxy) is 1. The standard InChI is InChI=1S/C12H16O5S2/c1-2-17-12(14)9-19(15,16)8-4-5-10(13)11-6-3-7-18-11/h3,6-7H,2,4-5,8-9H2,1H3. The van der Waals surface area contributed by atoms with E-state index in [0.29, 0.717) is 4.88 Å². The van der Waals surface area contributed by atoms with Crippen molar-refractivity contribution >= 4 is 32.9 Å². The first kappa shape index (κ1) is 15.8. The third-order valence-corrected chi connectivity index (χ3v) is 4.80. The number of esters is 1. The van der Waals surface area contributed by atoms with E-state index in [9.17, 15) is 18.0 Å². The van der Waals surface area contributed by atoms with Gasteiger partial charge in [0.25, 0.3) is 0 Å². The van der Waals surface area contributed by atoms with Crippen LogP contribution in [-0.2, 0) is 19.4 Å². The summed E-state index contributed by atoms with van der Waals surface area (Å²) in [5, 5.41) is 1.80. The second kappa shape index (κ2) is 7.40. The second-order valence-corrected chi connectivity index (χ2v) is 7.03. The Hall–Kier alpha value is -1.21. The zero-order valence-corrected chi connectivity index (χ0v) is 12.3. The molecule has 0 spiro atoms. The van der Waals surface area contributed by atoms with Crippen LogP contribution in [0.15, 0.2) is 17.5 Å². The summed E-state index contributed by atoms with van der Waals surface area (Å²) >= 11 is 1.33. The van der Waals surface area contributed by atoms with E-state index in [-0.39, 0.29) is 31.0 Å². The fourth-order valence-corrected chi connectivity index (χ4v) is 3.33. The van der Waals surface area contributed by atoms with Crippen LogP contribution in [-0.4, -0.2) is 38.3 Å². The van der Waals surface area contributed by atoms with Gasteiger partial charge in [0.1, 0.15) is 5.75 Å². The summed E-state index contributed by atoms with van der Waals surface area (Å²) in [6.07, 6.45) is 0.390. The third kappa shape index (κ3) is 5.98. The van der Waals surface area contributed by atoms with Gasteiger partial charge >= 0.3 is 5.97 Å². The molecule has 0 fully saturated rings. The Balaban J connectivity index is 2.36. The maximum Gasteiger partial charge on any atom is 0.321 e. The molecule has 0 amide bonds. The molecule has 7 heteroatoms. The van der Waals surface area contributed by atoms with Gasteiger partial charge in [0.15, 0.2) is 15.6 Å². The van der Waals surface area contributed by atoms with E-state index in [2.05, 4.69) is 4.74 Å². The van der Waals surface area contributed by atoms with E-state index < -0.39 is 21.6 Å². The quantitative estimate of drug-likeness (QED) is 0.539. The minimum atomic E-state index is -3.49. The highest BCUT2D eigenvalue weighted by Crippen LogP contribution is 2.12. The predicted octanol–water partition coefficient (Wildman–Crippen LogP) is 1.69. The van der Waals surface area contributed by atoms with Crippen LogP contribution >= 0.6 is 11.3 Å². The minimum absolute atomic E-state index is 0.0682. The molecule has 106 valence electrons. The minimum Gasteiger partial charge on any atom is -0.465 e. The molecule has 1 aromatic heterocycles. The molecule has 1 rings (SSSR count). The Labute approximate surface area is 116 Å². The smallest absolute Gasteiger partial charge is 0.321 e. The molecular formula is C12H16O5S2. The number of carbonyl (C=O) groups is 2. The highest BCUT2D eigenvalue weighted by Gasteiger charge is 2.18. The number of rotatable bonds is 8. The molecular weight excluding hydrogens is 288 g/mol. The summed E-state index contributed by atoms with van der Waals surface area (Å²) in [4.78, 5) is 23.3. The van der Waals surface area contributed by atoms with Crippen LogP contribution in [0.25, 0.3) is 0 Å². The second-order valence-electron chi connectivity index (χ2n) is 3.90. The molecule has 0 aliphatic carbocycles. The van der Waals surface area contributed by atoms with Crippen molar-refractivity contribution in [2.75, 3.05) is 18.1 Å². The monoisotopic (exact) mass is 304 g/mol. The van der Waals surface area contributed by atoms with Gasteiger partial charge in [0.2, 0.25) is 0 Å². The maximum atomic E-state index is 11.6. The lowest BCUT2D eigenvalue weighted by Gasteiger charge is -2.03. The van der Waals surface area contributed by atoms with Crippen molar-refractivity contribution in [2.24, 2.45) is 0 Å². The highest BCUT2D eigenvalue weighted by molar-refractivity contribution is 7.92. The average Bonchev–Trinajstić information content (AvgIpc) is 2.81. The zero-order valence-electron chi connectivity index (χ0n) is 10.6. The van der Waals surface area contributed by atoms with Gasteiger partial charge in [-0.1, -0.05) is 6.07 Å². The molecule has 0 aliphatic rings. The van der Waals surface area contributed by atoms with Crippen molar-refractivity contribution in [3.8, 4) is 0 Å². The molecule has 0 unspecified atom stereocenters. The van der Waals surface area contributed by atoms with Crippen molar-refractivity contribution in [2.45, 2.75) is 19.8 Å². The molecule has 5 nitrogen and oxygen atoms in total. The van der Waals surface area contributed by atoms with Crippen molar-refractivity contribution in [3.63, 3.8) is 0 Å². The van der Waals surface area contributed by atoms with Gasteiger partial charge in [-0.15, -0.1) is 11.3 Å². The summed E-state index contributed by atoms with van der Waals surface area (Å²) in [5.41, 5.74) is 0. The number of Topliss-reactive ketones (excluding diaryl/α,β-unsaturated/α-hetero) is 1. The lowest BCUT2D eigenvalue weighted by molar-refractivity contribution is -0.139. The van der Waals surface area contributed by atoms with E-state index in [0.717, 1.165) is 0 Å². The third-order valence-electron chi connectivity index (χ3n) is 2.30. The molecule has 0 N–H and O–H groups in total. The van der Waals surface area contributed by atoms with Gasteiger partial charge in [0, 0.05) is 6.42 Å². The van der Waals surface area contributed by atoms with Crippen LogP contribution in [0.2, 0.25) is 0 Å². The number of ketones is 1. The number of hydrogen-bond acceptors (Lipinski definition) is 6. The molecule has 0 saturated carbocycles. The summed E-state index contributed by atoms with van der Waals surface area (Å²) < 4.78 is 27.7. The molecule has 0 saturated heterocycles. The number of thiophene rings is 1. The van der Waals surface area contributed by atoms with E-state index in [1.165, 1.54) is 11.3 Å². The van der Waals surface area contributed by atoms with E-state index in [1.54, 1.807) is 24.4 Å². The molecule has 0 atom stereocenters. The topological polar surface area (TPSA) is 77.5 Å². The van der Waals surface area contributed by atoms with Gasteiger partial charge in [-0.3, -0.25) is 9.59 Å². The lowest BCUT2D eigenvalue weighted by Crippen LogP contribution is -2.21. The fraction of sp³-hybridized carbons (Fsp3) is 0.500. The van der Waals surface area contributed by atoms with Crippen LogP contribution in [0.1, 0.15) is 29.4 Å². The largest absolute Gasteiger partial charge is 0.465 e. The molecule has 19 heavy (non-hydrogen) atoms. The Morgan fingerprint density at radius 3 is 2.68 bits per heavy atom. The van der Waals surface area contributed by atoms with E-state index in [1.807, 2.05) is 0 Å². The zero-order chi connectivity index (χ0) is 14.3. The summed E-state index contributed by atoms with van der Waals surface area (Å²) in [6.45, 7) is 1.77. The van der Waals surface area contributed by atoms with E-state index >= 15 is 0 Å². The summed E-state index contributed by atoms with van der Waals surface area (Å²) in [6, 6.07) is 3.48. The lowest BCUT2D eigenvalue weighted by atomic mass is 10.2. The summed E-state index contributed by atoms with van der Waals surface area (Å²) in [5.74, 6) is -1.61. The Morgan fingerprint density at radius 2 is 2.11 bits per heavy atom. The number of hydrogen-bond donors (Lipinski definition) is 0. The van der Waals surface area contributed by atoms with Gasteiger partial charge < -0.3 is 4.74 Å². The molecule has 0 bridgehead atoms. The summed E-state index contributed by atoms with van der Waals surface area (Å²) in [7, 11) is -3.49. The van der Waals surface area contributed by atoms with Gasteiger partial charge in [-0.25, -0.2) is 8.42 Å². The van der Waals surface area contributed by atoms with Crippen LogP contribution in [0.4, 0.5) is 0 Å². The Kier molecular flexibility index (Phi) is 6.17. The van der Waals surface area contributed by atoms with Crippen LogP contribution in [0, 0.1) is 0 Å². The van der Waals surface area contributed by atoms with Crippen molar-refractivity contribution in [1.82, 2.24) is 0 Å². The van der Waals surface area contributed by atoms with Crippen LogP contribution in [0.3, 0.4) is 0 Å². The Morgan fingerprint density at radius 1 is 1.37 bits per heavy atom. The fourth-order valence-electron chi connectivity index (χ4n) is 1.47. The molecule has 0 aromatic carbocycles. The molecule has 1 heterocycles. The highest BCUT2D eigenvalue weighted by atomic mass is 32.2. The van der Waals surface area contributed by atoms with Gasteiger partial charge in [-0.2, -0.15) is 0 Å². The molecule has 0 radical (unpaired) electrons. The first-order valence-electron chi connectivity index (χ1n) is 5.87. The van der Waals surface area contributed by atoms with Gasteiger partial charge in [0.05, 0.1) is 17.2 Å². The number of carbonyl (C=O) groups excluding carboxylic acids is 2. The Bertz CT molecular complexity index is 516. The molecule has 1 aromatic rings. The number of sulfone groups is 1. The van der Waals surface area contributed by atoms with Crippen molar-refractivity contribution in [1.29, 1.82) is 0 Å².